The first kappa shape index (κ1) is 13.0. The Hall–Kier alpha value is -2.42. The molecule has 0 amide bonds. The maximum absolute atomic E-state index is 12.0. The molecule has 0 saturated carbocycles. The van der Waals surface area contributed by atoms with E-state index in [1.807, 2.05) is 0 Å². The number of H-pyrrole nitrogens is 1. The summed E-state index contributed by atoms with van der Waals surface area (Å²) >= 11 is 0. The summed E-state index contributed by atoms with van der Waals surface area (Å²) in [6, 6.07) is 1.32. The zero-order chi connectivity index (χ0) is 13.9. The number of aromatic nitrogens is 3. The second-order valence-electron chi connectivity index (χ2n) is 3.46. The van der Waals surface area contributed by atoms with Gasteiger partial charge in [0.05, 0.1) is 13.4 Å². The zero-order valence-electron chi connectivity index (χ0n) is 9.82. The van der Waals surface area contributed by atoms with Crippen molar-refractivity contribution in [2.24, 2.45) is 0 Å². The molecule has 2 heterocycles. The Labute approximate surface area is 108 Å². The number of aldehydes is 1. The lowest BCUT2D eigenvalue weighted by atomic mass is 10.3. The molecule has 0 radical (unpaired) electrons. The van der Waals surface area contributed by atoms with Crippen LogP contribution in [0.2, 0.25) is 0 Å². The molecule has 0 unspecified atom stereocenters. The van der Waals surface area contributed by atoms with E-state index < -0.39 is 10.0 Å². The lowest BCUT2D eigenvalue weighted by Crippen LogP contribution is -2.14. The van der Waals surface area contributed by atoms with Crippen LogP contribution < -0.4 is 9.46 Å². The van der Waals surface area contributed by atoms with Crippen LogP contribution in [0, 0.1) is 0 Å². The largest absolute Gasteiger partial charge is 0.480 e. The van der Waals surface area contributed by atoms with Crippen LogP contribution in [0.5, 0.6) is 5.88 Å². The van der Waals surface area contributed by atoms with Crippen molar-refractivity contribution in [3.8, 4) is 5.88 Å². The number of carbonyl (C=O) groups is 1. The number of anilines is 1. The van der Waals surface area contributed by atoms with Crippen molar-refractivity contribution in [1.82, 2.24) is 15.0 Å². The molecule has 0 bridgehead atoms. The van der Waals surface area contributed by atoms with Crippen molar-refractivity contribution >= 4 is 22.0 Å². The highest BCUT2D eigenvalue weighted by Gasteiger charge is 2.19. The van der Waals surface area contributed by atoms with Gasteiger partial charge in [-0.25, -0.2) is 9.97 Å². The number of hydrogen-bond donors (Lipinski definition) is 2. The number of sulfonamides is 1. The topological polar surface area (TPSA) is 114 Å². The molecule has 0 fully saturated rings. The number of rotatable bonds is 5. The summed E-state index contributed by atoms with van der Waals surface area (Å²) in [7, 11) is -2.51. The summed E-state index contributed by atoms with van der Waals surface area (Å²) in [4.78, 5) is 20.7. The second-order valence-corrected chi connectivity index (χ2v) is 5.09. The quantitative estimate of drug-likeness (QED) is 0.768. The highest BCUT2D eigenvalue weighted by molar-refractivity contribution is 7.92. The number of pyridine rings is 1. The van der Waals surface area contributed by atoms with Gasteiger partial charge in [0.15, 0.2) is 11.3 Å². The van der Waals surface area contributed by atoms with Crippen LogP contribution in [0.1, 0.15) is 10.4 Å². The summed E-state index contributed by atoms with van der Waals surface area (Å²) in [5.74, 6) is 0.0599. The highest BCUT2D eigenvalue weighted by atomic mass is 32.2. The number of imidazole rings is 1. The minimum absolute atomic E-state index is 0.0599. The summed E-state index contributed by atoms with van der Waals surface area (Å²) < 4.78 is 31.1. The van der Waals surface area contributed by atoms with Gasteiger partial charge < -0.3 is 9.72 Å². The van der Waals surface area contributed by atoms with Gasteiger partial charge in [-0.05, 0) is 6.07 Å². The van der Waals surface area contributed by atoms with Gasteiger partial charge in [-0.15, -0.1) is 0 Å². The van der Waals surface area contributed by atoms with Crippen molar-refractivity contribution in [2.75, 3.05) is 11.8 Å². The van der Waals surface area contributed by atoms with E-state index in [1.165, 1.54) is 31.9 Å². The van der Waals surface area contributed by atoms with E-state index >= 15 is 0 Å². The fourth-order valence-corrected chi connectivity index (χ4v) is 2.31. The molecule has 100 valence electrons. The van der Waals surface area contributed by atoms with Crippen LogP contribution in [0.3, 0.4) is 0 Å². The van der Waals surface area contributed by atoms with Gasteiger partial charge in [-0.1, -0.05) is 0 Å². The smallest absolute Gasteiger partial charge is 0.281 e. The molecule has 9 heteroatoms. The number of nitrogens with one attached hydrogen (secondary N) is 2. The predicted molar refractivity (Wildman–Crippen MR) is 65.6 cm³/mol. The van der Waals surface area contributed by atoms with E-state index in [2.05, 4.69) is 19.7 Å². The molecule has 2 aromatic rings. The molecule has 0 aliphatic heterocycles. The first-order valence-electron chi connectivity index (χ1n) is 5.07. The number of methoxy groups -OCH3 is 1. The van der Waals surface area contributed by atoms with Crippen LogP contribution in [-0.2, 0) is 10.0 Å². The SMILES string of the molecule is COc1ncc(C=O)cc1NS(=O)(=O)c1c[nH]cn1. The molecule has 2 N–H and O–H groups in total. The summed E-state index contributed by atoms with van der Waals surface area (Å²) in [6.45, 7) is 0. The van der Waals surface area contributed by atoms with Crippen LogP contribution in [0.4, 0.5) is 5.69 Å². The average Bonchev–Trinajstić information content (AvgIpc) is 2.93. The fraction of sp³-hybridized carbons (Fsp3) is 0.100. The molecule has 0 aliphatic rings. The second kappa shape index (κ2) is 5.06. The minimum atomic E-state index is -3.86. The molecule has 0 aliphatic carbocycles. The number of carbonyl (C=O) groups excluding carboxylic acids is 1. The lowest BCUT2D eigenvalue weighted by Gasteiger charge is -2.09. The van der Waals surface area contributed by atoms with Crippen molar-refractivity contribution < 1.29 is 17.9 Å². The van der Waals surface area contributed by atoms with Crippen LogP contribution in [0.25, 0.3) is 0 Å². The molecular formula is C10H10N4O4S. The van der Waals surface area contributed by atoms with Crippen molar-refractivity contribution in [3.05, 3.63) is 30.4 Å². The Morgan fingerprint density at radius 3 is 2.79 bits per heavy atom. The Kier molecular flexibility index (Phi) is 3.47. The normalized spacial score (nSPS) is 11.0. The first-order chi connectivity index (χ1) is 9.06. The first-order valence-corrected chi connectivity index (χ1v) is 6.56. The predicted octanol–water partition coefficient (Wildman–Crippen LogP) is 0.427. The van der Waals surface area contributed by atoms with E-state index in [0.29, 0.717) is 6.29 Å². The lowest BCUT2D eigenvalue weighted by molar-refractivity contribution is 0.112. The maximum Gasteiger partial charge on any atom is 0.281 e. The third kappa shape index (κ3) is 2.71. The van der Waals surface area contributed by atoms with Gasteiger partial charge in [0.2, 0.25) is 5.88 Å². The van der Waals surface area contributed by atoms with Crippen molar-refractivity contribution in [1.29, 1.82) is 0 Å². The molecule has 2 aromatic heterocycles. The number of aromatic amines is 1. The Bertz CT molecular complexity index is 682. The van der Waals surface area contributed by atoms with Gasteiger partial charge in [-0.2, -0.15) is 8.42 Å². The van der Waals surface area contributed by atoms with E-state index in [-0.39, 0.29) is 22.2 Å². The van der Waals surface area contributed by atoms with E-state index in [4.69, 9.17) is 4.74 Å². The monoisotopic (exact) mass is 282 g/mol. The van der Waals surface area contributed by atoms with Crippen molar-refractivity contribution in [2.45, 2.75) is 5.03 Å². The average molecular weight is 282 g/mol. The summed E-state index contributed by atoms with van der Waals surface area (Å²) in [6.07, 6.45) is 4.30. The number of hydrogen-bond acceptors (Lipinski definition) is 6. The highest BCUT2D eigenvalue weighted by Crippen LogP contribution is 2.24. The summed E-state index contributed by atoms with van der Waals surface area (Å²) in [5.41, 5.74) is 0.288. The van der Waals surface area contributed by atoms with Crippen LogP contribution in [0.15, 0.2) is 29.8 Å². The third-order valence-electron chi connectivity index (χ3n) is 2.19. The van der Waals surface area contributed by atoms with E-state index in [0.717, 1.165) is 0 Å². The molecular weight excluding hydrogens is 272 g/mol. The molecule has 0 saturated heterocycles. The number of ether oxygens (including phenoxy) is 1. The summed E-state index contributed by atoms with van der Waals surface area (Å²) in [5, 5.41) is -0.175. The van der Waals surface area contributed by atoms with Crippen LogP contribution in [-0.4, -0.2) is 36.8 Å². The molecule has 8 nitrogen and oxygen atoms in total. The molecule has 2 rings (SSSR count). The Morgan fingerprint density at radius 1 is 1.42 bits per heavy atom. The minimum Gasteiger partial charge on any atom is -0.480 e. The van der Waals surface area contributed by atoms with Crippen LogP contribution >= 0.6 is 0 Å². The van der Waals surface area contributed by atoms with Gasteiger partial charge in [-0.3, -0.25) is 9.52 Å². The fourth-order valence-electron chi connectivity index (χ4n) is 1.36. The molecule has 0 spiro atoms. The molecule has 19 heavy (non-hydrogen) atoms. The Morgan fingerprint density at radius 2 is 2.21 bits per heavy atom. The van der Waals surface area contributed by atoms with Gasteiger partial charge in [0.25, 0.3) is 10.0 Å². The standard InChI is InChI=1S/C10H10N4O4S/c1-18-10-8(2-7(5-15)3-12-10)14-19(16,17)9-4-11-6-13-9/h2-6,14H,1H3,(H,11,13). The molecule has 0 aromatic carbocycles. The Balaban J connectivity index is 2.40. The van der Waals surface area contributed by atoms with Crippen molar-refractivity contribution in [3.63, 3.8) is 0 Å². The number of nitrogens with zero attached hydrogens (tertiary/aromatic N) is 2. The van der Waals surface area contributed by atoms with Gasteiger partial charge in [0, 0.05) is 18.0 Å². The molecule has 0 atom stereocenters. The zero-order valence-corrected chi connectivity index (χ0v) is 10.6. The van der Waals surface area contributed by atoms with E-state index in [1.54, 1.807) is 0 Å². The van der Waals surface area contributed by atoms with E-state index in [9.17, 15) is 13.2 Å². The van der Waals surface area contributed by atoms with Gasteiger partial charge >= 0.3 is 0 Å². The maximum atomic E-state index is 12.0. The third-order valence-corrected chi connectivity index (χ3v) is 3.46. The van der Waals surface area contributed by atoms with Gasteiger partial charge in [0.1, 0.15) is 5.69 Å².